The van der Waals surface area contributed by atoms with Gasteiger partial charge in [0.05, 0.1) is 7.14 Å². The summed E-state index contributed by atoms with van der Waals surface area (Å²) in [4.78, 5) is 0. The van der Waals surface area contributed by atoms with Gasteiger partial charge in [0.15, 0.2) is 0 Å². The topological polar surface area (TPSA) is 17.1 Å². The number of hydrogen-bond donors (Lipinski definition) is 0. The van der Waals surface area contributed by atoms with Crippen molar-refractivity contribution in [1.82, 2.24) is 0 Å². The highest BCUT2D eigenvalue weighted by Gasteiger charge is 2.20. The molecule has 1 nitrogen and oxygen atoms in total. The molecule has 0 saturated carbocycles. The molecule has 0 N–H and O–H groups in total. The third-order valence-corrected chi connectivity index (χ3v) is 7.65. The zero-order valence-corrected chi connectivity index (χ0v) is 15.4. The molecule has 122 valence electrons. The van der Waals surface area contributed by atoms with Gasteiger partial charge in [0.2, 0.25) is 0 Å². The molecule has 0 bridgehead atoms. The molecular weight excluding hydrogens is 263 g/mol. The smallest absolute Gasteiger partial charge is 0.0877 e. The molecule has 0 aliphatic carbocycles. The van der Waals surface area contributed by atoms with Gasteiger partial charge in [-0.25, -0.2) is 0 Å². The van der Waals surface area contributed by atoms with Crippen LogP contribution in [0.1, 0.15) is 97.8 Å². The Morgan fingerprint density at radius 1 is 0.500 bits per heavy atom. The van der Waals surface area contributed by atoms with Crippen LogP contribution in [0.4, 0.5) is 0 Å². The van der Waals surface area contributed by atoms with Crippen molar-refractivity contribution in [2.75, 3.05) is 18.5 Å². The summed E-state index contributed by atoms with van der Waals surface area (Å²) in [5.41, 5.74) is 0. The lowest BCUT2D eigenvalue weighted by Crippen LogP contribution is -2.01. The van der Waals surface area contributed by atoms with Gasteiger partial charge in [-0.15, -0.1) is 0 Å². The van der Waals surface area contributed by atoms with Gasteiger partial charge < -0.3 is 4.57 Å². The Labute approximate surface area is 128 Å². The van der Waals surface area contributed by atoms with E-state index in [4.69, 9.17) is 0 Å². The first-order valence-electron chi connectivity index (χ1n) is 9.25. The SMILES string of the molecule is CCCCCCP(=O)(CCCCCC)CCCCCC. The number of rotatable bonds is 15. The van der Waals surface area contributed by atoms with E-state index in [1.165, 1.54) is 77.0 Å². The third-order valence-electron chi connectivity index (χ3n) is 4.26. The van der Waals surface area contributed by atoms with Crippen molar-refractivity contribution in [1.29, 1.82) is 0 Å². The fourth-order valence-corrected chi connectivity index (χ4v) is 5.89. The van der Waals surface area contributed by atoms with Crippen molar-refractivity contribution >= 4 is 7.14 Å². The average molecular weight is 302 g/mol. The van der Waals surface area contributed by atoms with Crippen LogP contribution in [0.3, 0.4) is 0 Å². The van der Waals surface area contributed by atoms with E-state index in [-0.39, 0.29) is 0 Å². The third kappa shape index (κ3) is 12.0. The molecular formula is C18H39OP. The van der Waals surface area contributed by atoms with Crippen LogP contribution in [0.5, 0.6) is 0 Å². The maximum atomic E-state index is 13.1. The summed E-state index contributed by atoms with van der Waals surface area (Å²) in [5.74, 6) is 0. The molecule has 0 aromatic rings. The summed E-state index contributed by atoms with van der Waals surface area (Å²) in [7, 11) is -1.84. The molecule has 0 aromatic heterocycles. The standard InChI is InChI=1S/C18H39OP/c1-4-7-10-13-16-20(19,17-14-11-8-5-2)18-15-12-9-6-3/h4-18H2,1-3H3. The van der Waals surface area contributed by atoms with Crippen LogP contribution in [0.25, 0.3) is 0 Å². The van der Waals surface area contributed by atoms with Crippen LogP contribution < -0.4 is 0 Å². The predicted octanol–water partition coefficient (Wildman–Crippen LogP) is 7.09. The fourth-order valence-electron chi connectivity index (χ4n) is 2.82. The van der Waals surface area contributed by atoms with E-state index < -0.39 is 7.14 Å². The van der Waals surface area contributed by atoms with E-state index in [0.29, 0.717) is 0 Å². The van der Waals surface area contributed by atoms with E-state index in [9.17, 15) is 4.57 Å². The fraction of sp³-hybridized carbons (Fsp3) is 1.00. The Morgan fingerprint density at radius 2 is 0.800 bits per heavy atom. The summed E-state index contributed by atoms with van der Waals surface area (Å²) < 4.78 is 13.1. The second-order valence-corrected chi connectivity index (χ2v) is 9.87. The van der Waals surface area contributed by atoms with Crippen molar-refractivity contribution in [3.8, 4) is 0 Å². The maximum absolute atomic E-state index is 13.1. The van der Waals surface area contributed by atoms with Crippen LogP contribution in [0.2, 0.25) is 0 Å². The quantitative estimate of drug-likeness (QED) is 0.233. The second-order valence-electron chi connectivity index (χ2n) is 6.41. The Kier molecular flexibility index (Phi) is 14.3. The molecule has 0 atom stereocenters. The molecule has 20 heavy (non-hydrogen) atoms. The van der Waals surface area contributed by atoms with Gasteiger partial charge in [0, 0.05) is 18.5 Å². The van der Waals surface area contributed by atoms with Crippen LogP contribution >= 0.6 is 7.14 Å². The van der Waals surface area contributed by atoms with Gasteiger partial charge in [-0.3, -0.25) is 0 Å². The summed E-state index contributed by atoms with van der Waals surface area (Å²) in [6, 6.07) is 0. The summed E-state index contributed by atoms with van der Waals surface area (Å²) in [5, 5.41) is 0. The first kappa shape index (κ1) is 20.2. The first-order chi connectivity index (χ1) is 9.68. The monoisotopic (exact) mass is 302 g/mol. The van der Waals surface area contributed by atoms with Crippen LogP contribution in [-0.2, 0) is 4.57 Å². The molecule has 0 amide bonds. The van der Waals surface area contributed by atoms with E-state index in [1.54, 1.807) is 0 Å². The lowest BCUT2D eigenvalue weighted by atomic mass is 10.2. The molecule has 0 radical (unpaired) electrons. The lowest BCUT2D eigenvalue weighted by Gasteiger charge is -2.18. The summed E-state index contributed by atoms with van der Waals surface area (Å²) in [6.45, 7) is 6.74. The highest BCUT2D eigenvalue weighted by molar-refractivity contribution is 7.63. The van der Waals surface area contributed by atoms with Gasteiger partial charge in [-0.05, 0) is 19.3 Å². The van der Waals surface area contributed by atoms with Gasteiger partial charge in [0.25, 0.3) is 0 Å². The molecule has 0 aliphatic heterocycles. The zero-order chi connectivity index (χ0) is 15.1. The predicted molar refractivity (Wildman–Crippen MR) is 94.6 cm³/mol. The molecule has 0 rings (SSSR count). The van der Waals surface area contributed by atoms with Gasteiger partial charge in [-0.2, -0.15) is 0 Å². The highest BCUT2D eigenvalue weighted by atomic mass is 31.2. The minimum Gasteiger partial charge on any atom is -0.324 e. The maximum Gasteiger partial charge on any atom is 0.0877 e. The Balaban J connectivity index is 4.02. The minimum absolute atomic E-state index is 1.03. The molecule has 0 saturated heterocycles. The Hall–Kier alpha value is 0.230. The molecule has 2 heteroatoms. The average Bonchev–Trinajstić information content (AvgIpc) is 2.45. The normalized spacial score (nSPS) is 11.9. The summed E-state index contributed by atoms with van der Waals surface area (Å²) in [6.07, 6.45) is 18.3. The molecule has 0 fully saturated rings. The van der Waals surface area contributed by atoms with Crippen LogP contribution in [0, 0.1) is 0 Å². The zero-order valence-electron chi connectivity index (χ0n) is 14.5. The van der Waals surface area contributed by atoms with Crippen molar-refractivity contribution in [3.63, 3.8) is 0 Å². The molecule has 0 heterocycles. The van der Waals surface area contributed by atoms with Crippen LogP contribution in [0.15, 0.2) is 0 Å². The molecule has 0 aliphatic rings. The second kappa shape index (κ2) is 14.2. The lowest BCUT2D eigenvalue weighted by molar-refractivity contribution is 0.561. The van der Waals surface area contributed by atoms with Crippen molar-refractivity contribution in [2.45, 2.75) is 97.8 Å². The van der Waals surface area contributed by atoms with Crippen molar-refractivity contribution in [2.24, 2.45) is 0 Å². The van der Waals surface area contributed by atoms with E-state index >= 15 is 0 Å². The first-order valence-corrected chi connectivity index (χ1v) is 11.5. The van der Waals surface area contributed by atoms with Crippen molar-refractivity contribution in [3.05, 3.63) is 0 Å². The van der Waals surface area contributed by atoms with Gasteiger partial charge in [0.1, 0.15) is 0 Å². The minimum atomic E-state index is -1.84. The Bertz CT molecular complexity index is 200. The largest absolute Gasteiger partial charge is 0.324 e. The molecule has 0 spiro atoms. The molecule has 0 aromatic carbocycles. The van der Waals surface area contributed by atoms with Crippen LogP contribution in [-0.4, -0.2) is 18.5 Å². The van der Waals surface area contributed by atoms with Gasteiger partial charge >= 0.3 is 0 Å². The Morgan fingerprint density at radius 3 is 1.05 bits per heavy atom. The highest BCUT2D eigenvalue weighted by Crippen LogP contribution is 2.48. The van der Waals surface area contributed by atoms with E-state index in [1.807, 2.05) is 0 Å². The molecule has 0 unspecified atom stereocenters. The number of unbranched alkanes of at least 4 members (excludes halogenated alkanes) is 9. The van der Waals surface area contributed by atoms with Gasteiger partial charge in [-0.1, -0.05) is 78.6 Å². The van der Waals surface area contributed by atoms with Crippen molar-refractivity contribution < 1.29 is 4.57 Å². The van der Waals surface area contributed by atoms with E-state index in [0.717, 1.165) is 18.5 Å². The number of hydrogen-bond acceptors (Lipinski definition) is 1. The van der Waals surface area contributed by atoms with E-state index in [2.05, 4.69) is 20.8 Å². The summed E-state index contributed by atoms with van der Waals surface area (Å²) >= 11 is 0.